The summed E-state index contributed by atoms with van der Waals surface area (Å²) in [6.07, 6.45) is 9.90. The first-order chi connectivity index (χ1) is 13.2. The third kappa shape index (κ3) is 6.73. The molecular formula is C22H35N3O2. The molecule has 1 aromatic rings. The van der Waals surface area contributed by atoms with Crippen LogP contribution < -0.4 is 5.32 Å². The zero-order valence-electron chi connectivity index (χ0n) is 16.5. The number of rotatable bonds is 6. The Morgan fingerprint density at radius 3 is 2.56 bits per heavy atom. The molecule has 0 spiro atoms. The summed E-state index contributed by atoms with van der Waals surface area (Å²) < 4.78 is 0. The number of nitrogens with one attached hydrogen (secondary N) is 1. The molecule has 1 saturated heterocycles. The average molecular weight is 374 g/mol. The number of phenolic OH excluding ortho intramolecular Hbond substituents is 1. The Hall–Kier alpha value is -1.75. The molecule has 5 nitrogen and oxygen atoms in total. The van der Waals surface area contributed by atoms with Crippen LogP contribution in [0.4, 0.5) is 4.79 Å². The van der Waals surface area contributed by atoms with E-state index < -0.39 is 0 Å². The maximum absolute atomic E-state index is 12.5. The van der Waals surface area contributed by atoms with Crippen LogP contribution in [0.5, 0.6) is 5.75 Å². The van der Waals surface area contributed by atoms with Crippen molar-refractivity contribution >= 4 is 6.03 Å². The molecule has 1 aliphatic carbocycles. The third-order valence-corrected chi connectivity index (χ3v) is 5.97. The van der Waals surface area contributed by atoms with Crippen LogP contribution in [-0.2, 0) is 6.42 Å². The van der Waals surface area contributed by atoms with Crippen molar-refractivity contribution in [1.82, 2.24) is 15.1 Å². The van der Waals surface area contributed by atoms with Gasteiger partial charge in [-0.3, -0.25) is 0 Å². The van der Waals surface area contributed by atoms with E-state index in [1.165, 1.54) is 44.2 Å². The van der Waals surface area contributed by atoms with Gasteiger partial charge in [-0.15, -0.1) is 0 Å². The van der Waals surface area contributed by atoms with Crippen LogP contribution in [0.15, 0.2) is 24.3 Å². The van der Waals surface area contributed by atoms with Crippen LogP contribution in [0.2, 0.25) is 0 Å². The fraction of sp³-hybridized carbons (Fsp3) is 0.682. The topological polar surface area (TPSA) is 55.8 Å². The van der Waals surface area contributed by atoms with Crippen LogP contribution in [0.3, 0.4) is 0 Å². The van der Waals surface area contributed by atoms with E-state index in [1.54, 1.807) is 12.1 Å². The largest absolute Gasteiger partial charge is 0.508 e. The van der Waals surface area contributed by atoms with Gasteiger partial charge in [-0.25, -0.2) is 4.79 Å². The molecule has 1 heterocycles. The SMILES string of the molecule is O=C(NCCCc1ccc(O)cc1)N1CCCN(CC2CCCCC2)CC1. The molecular weight excluding hydrogens is 338 g/mol. The lowest BCUT2D eigenvalue weighted by molar-refractivity contribution is 0.190. The quantitative estimate of drug-likeness (QED) is 0.749. The highest BCUT2D eigenvalue weighted by Crippen LogP contribution is 2.24. The second-order valence-electron chi connectivity index (χ2n) is 8.15. The summed E-state index contributed by atoms with van der Waals surface area (Å²) >= 11 is 0. The van der Waals surface area contributed by atoms with Gasteiger partial charge in [0.05, 0.1) is 0 Å². The van der Waals surface area contributed by atoms with Gasteiger partial charge in [0, 0.05) is 32.7 Å². The second-order valence-corrected chi connectivity index (χ2v) is 8.15. The van der Waals surface area contributed by atoms with Gasteiger partial charge in [0.15, 0.2) is 0 Å². The van der Waals surface area contributed by atoms with Gasteiger partial charge in [0.25, 0.3) is 0 Å². The highest BCUT2D eigenvalue weighted by atomic mass is 16.3. The molecule has 2 fully saturated rings. The van der Waals surface area contributed by atoms with Crippen molar-refractivity contribution in [3.8, 4) is 5.75 Å². The number of benzene rings is 1. The first-order valence-corrected chi connectivity index (χ1v) is 10.7. The molecule has 2 aliphatic rings. The molecule has 3 rings (SSSR count). The number of phenols is 1. The highest BCUT2D eigenvalue weighted by Gasteiger charge is 2.22. The number of amides is 2. The van der Waals surface area contributed by atoms with E-state index in [1.807, 2.05) is 17.0 Å². The number of urea groups is 1. The Balaban J connectivity index is 1.33. The van der Waals surface area contributed by atoms with Crippen molar-refractivity contribution in [2.24, 2.45) is 5.92 Å². The summed E-state index contributed by atoms with van der Waals surface area (Å²) in [6, 6.07) is 7.38. The maximum atomic E-state index is 12.5. The van der Waals surface area contributed by atoms with Gasteiger partial charge in [-0.2, -0.15) is 0 Å². The number of nitrogens with zero attached hydrogens (tertiary/aromatic N) is 2. The van der Waals surface area contributed by atoms with E-state index >= 15 is 0 Å². The van der Waals surface area contributed by atoms with Gasteiger partial charge >= 0.3 is 6.03 Å². The van der Waals surface area contributed by atoms with E-state index in [4.69, 9.17) is 0 Å². The minimum atomic E-state index is 0.0835. The number of hydrogen-bond acceptors (Lipinski definition) is 3. The average Bonchev–Trinajstić information content (AvgIpc) is 2.93. The Morgan fingerprint density at radius 1 is 1.00 bits per heavy atom. The summed E-state index contributed by atoms with van der Waals surface area (Å²) in [5.74, 6) is 1.17. The second kappa shape index (κ2) is 10.5. The summed E-state index contributed by atoms with van der Waals surface area (Å²) in [5.41, 5.74) is 1.19. The molecule has 27 heavy (non-hydrogen) atoms. The van der Waals surface area contributed by atoms with E-state index in [0.29, 0.717) is 12.3 Å². The normalized spacial score (nSPS) is 19.6. The number of carbonyl (C=O) groups excluding carboxylic acids is 1. The number of hydrogen-bond donors (Lipinski definition) is 2. The Morgan fingerprint density at radius 2 is 1.78 bits per heavy atom. The molecule has 1 aromatic carbocycles. The fourth-order valence-corrected chi connectivity index (χ4v) is 4.35. The van der Waals surface area contributed by atoms with Gasteiger partial charge in [0.2, 0.25) is 0 Å². The lowest BCUT2D eigenvalue weighted by Crippen LogP contribution is -2.42. The van der Waals surface area contributed by atoms with Crippen LogP contribution in [0.1, 0.15) is 50.5 Å². The molecule has 2 amide bonds. The van der Waals surface area contributed by atoms with Crippen molar-refractivity contribution in [3.63, 3.8) is 0 Å². The molecule has 0 unspecified atom stereocenters. The summed E-state index contributed by atoms with van der Waals surface area (Å²) in [7, 11) is 0. The molecule has 0 radical (unpaired) electrons. The standard InChI is InChI=1S/C22H35N3O2/c26-21-11-9-19(10-12-21)8-4-13-23-22(27)25-15-5-14-24(16-17-25)18-20-6-2-1-3-7-20/h9-12,20,26H,1-8,13-18H2,(H,23,27). The zero-order chi connectivity index (χ0) is 18.9. The minimum absolute atomic E-state index is 0.0835. The number of aromatic hydroxyl groups is 1. The highest BCUT2D eigenvalue weighted by molar-refractivity contribution is 5.74. The lowest BCUT2D eigenvalue weighted by atomic mass is 9.89. The molecule has 1 saturated carbocycles. The number of aryl methyl sites for hydroxylation is 1. The van der Waals surface area contributed by atoms with Crippen LogP contribution in [-0.4, -0.2) is 60.2 Å². The molecule has 150 valence electrons. The monoisotopic (exact) mass is 373 g/mol. The van der Waals surface area contributed by atoms with Gasteiger partial charge < -0.3 is 20.2 Å². The lowest BCUT2D eigenvalue weighted by Gasteiger charge is -2.28. The summed E-state index contributed by atoms with van der Waals surface area (Å²) in [5, 5.41) is 12.4. The molecule has 1 aliphatic heterocycles. The van der Waals surface area contributed by atoms with Crippen molar-refractivity contribution in [2.45, 2.75) is 51.4 Å². The van der Waals surface area contributed by atoms with Crippen LogP contribution in [0, 0.1) is 5.92 Å². The number of carbonyl (C=O) groups is 1. The Labute approximate surface area is 163 Å². The Kier molecular flexibility index (Phi) is 7.81. The van der Waals surface area contributed by atoms with Crippen molar-refractivity contribution in [1.29, 1.82) is 0 Å². The predicted molar refractivity (Wildman–Crippen MR) is 109 cm³/mol. The molecule has 5 heteroatoms. The van der Waals surface area contributed by atoms with Crippen LogP contribution in [0.25, 0.3) is 0 Å². The van der Waals surface area contributed by atoms with Gasteiger partial charge in [-0.1, -0.05) is 31.4 Å². The molecule has 0 atom stereocenters. The third-order valence-electron chi connectivity index (χ3n) is 5.97. The van der Waals surface area contributed by atoms with Crippen LogP contribution >= 0.6 is 0 Å². The van der Waals surface area contributed by atoms with E-state index in [0.717, 1.165) is 51.4 Å². The molecule has 2 N–H and O–H groups in total. The van der Waals surface area contributed by atoms with E-state index in [2.05, 4.69) is 10.2 Å². The fourth-order valence-electron chi connectivity index (χ4n) is 4.35. The van der Waals surface area contributed by atoms with Gasteiger partial charge in [0.1, 0.15) is 5.75 Å². The van der Waals surface area contributed by atoms with E-state index in [-0.39, 0.29) is 6.03 Å². The zero-order valence-corrected chi connectivity index (χ0v) is 16.5. The smallest absolute Gasteiger partial charge is 0.317 e. The van der Waals surface area contributed by atoms with Crippen molar-refractivity contribution in [3.05, 3.63) is 29.8 Å². The maximum Gasteiger partial charge on any atom is 0.317 e. The van der Waals surface area contributed by atoms with Crippen molar-refractivity contribution in [2.75, 3.05) is 39.3 Å². The predicted octanol–water partition coefficient (Wildman–Crippen LogP) is 3.62. The first kappa shape index (κ1) is 20.0. The van der Waals surface area contributed by atoms with Crippen molar-refractivity contribution < 1.29 is 9.90 Å². The Bertz CT molecular complexity index is 569. The first-order valence-electron chi connectivity index (χ1n) is 10.7. The molecule has 0 aromatic heterocycles. The van der Waals surface area contributed by atoms with Gasteiger partial charge in [-0.05, 0) is 62.3 Å². The summed E-state index contributed by atoms with van der Waals surface area (Å²) in [6.45, 7) is 5.77. The minimum Gasteiger partial charge on any atom is -0.508 e. The summed E-state index contributed by atoms with van der Waals surface area (Å²) in [4.78, 5) is 17.0. The molecule has 0 bridgehead atoms. The van der Waals surface area contributed by atoms with E-state index in [9.17, 15) is 9.90 Å².